The lowest BCUT2D eigenvalue weighted by Gasteiger charge is -2.36. The van der Waals surface area contributed by atoms with Gasteiger partial charge in [0.05, 0.1) is 19.3 Å². The van der Waals surface area contributed by atoms with E-state index in [0.717, 1.165) is 31.5 Å². The topological polar surface area (TPSA) is 50.8 Å². The van der Waals surface area contributed by atoms with Crippen molar-refractivity contribution in [2.24, 2.45) is 5.92 Å². The molecule has 132 valence electrons. The quantitative estimate of drug-likeness (QED) is 0.884. The first kappa shape index (κ1) is 17.7. The molecule has 1 amide bonds. The fourth-order valence-corrected chi connectivity index (χ4v) is 3.46. The van der Waals surface area contributed by atoms with Crippen LogP contribution in [0.3, 0.4) is 0 Å². The Balaban J connectivity index is 1.43. The molecule has 0 aliphatic carbocycles. The van der Waals surface area contributed by atoms with E-state index >= 15 is 0 Å². The molecule has 1 aromatic carbocycles. The van der Waals surface area contributed by atoms with Crippen molar-refractivity contribution < 1.29 is 14.3 Å². The molecule has 3 rings (SSSR count). The minimum Gasteiger partial charge on any atom is -0.351 e. The number of carbonyl (C=O) groups excluding carboxylic acids is 1. The van der Waals surface area contributed by atoms with Gasteiger partial charge in [0.1, 0.15) is 0 Å². The van der Waals surface area contributed by atoms with Crippen LogP contribution in [-0.2, 0) is 20.8 Å². The van der Waals surface area contributed by atoms with Gasteiger partial charge in [-0.2, -0.15) is 0 Å². The monoisotopic (exact) mass is 352 g/mol. The average molecular weight is 353 g/mol. The summed E-state index contributed by atoms with van der Waals surface area (Å²) in [7, 11) is 0. The number of carbonyl (C=O) groups is 1. The summed E-state index contributed by atoms with van der Waals surface area (Å²) < 4.78 is 11.2. The molecule has 2 saturated heterocycles. The SMILES string of the molecule is CC(C(=O)NCc1ccc(Cl)cc1)N1CCC(C2OCCO2)CC1. The third-order valence-electron chi connectivity index (χ3n) is 4.91. The van der Waals surface area contributed by atoms with Crippen LogP contribution >= 0.6 is 11.6 Å². The summed E-state index contributed by atoms with van der Waals surface area (Å²) in [4.78, 5) is 14.6. The Kier molecular flexibility index (Phi) is 6.11. The van der Waals surface area contributed by atoms with E-state index in [0.29, 0.717) is 30.7 Å². The summed E-state index contributed by atoms with van der Waals surface area (Å²) in [5, 5.41) is 3.71. The third kappa shape index (κ3) is 4.48. The summed E-state index contributed by atoms with van der Waals surface area (Å²) in [6, 6.07) is 7.42. The smallest absolute Gasteiger partial charge is 0.237 e. The molecule has 2 fully saturated rings. The number of benzene rings is 1. The summed E-state index contributed by atoms with van der Waals surface area (Å²) >= 11 is 5.87. The summed E-state index contributed by atoms with van der Waals surface area (Å²) in [6.07, 6.45) is 1.99. The molecule has 0 spiro atoms. The van der Waals surface area contributed by atoms with Crippen molar-refractivity contribution >= 4 is 17.5 Å². The van der Waals surface area contributed by atoms with Gasteiger partial charge in [-0.05, 0) is 50.6 Å². The van der Waals surface area contributed by atoms with E-state index in [1.165, 1.54) is 0 Å². The number of amides is 1. The molecular weight excluding hydrogens is 328 g/mol. The van der Waals surface area contributed by atoms with Crippen LogP contribution < -0.4 is 5.32 Å². The molecule has 5 nitrogen and oxygen atoms in total. The van der Waals surface area contributed by atoms with Gasteiger partial charge < -0.3 is 14.8 Å². The number of hydrogen-bond acceptors (Lipinski definition) is 4. The lowest BCUT2D eigenvalue weighted by Crippen LogP contribution is -2.49. The van der Waals surface area contributed by atoms with Crippen LogP contribution in [0.25, 0.3) is 0 Å². The highest BCUT2D eigenvalue weighted by Gasteiger charge is 2.32. The molecular formula is C18H25ClN2O3. The van der Waals surface area contributed by atoms with Gasteiger partial charge in [0.25, 0.3) is 0 Å². The van der Waals surface area contributed by atoms with E-state index in [-0.39, 0.29) is 18.2 Å². The van der Waals surface area contributed by atoms with Gasteiger partial charge in [-0.3, -0.25) is 9.69 Å². The van der Waals surface area contributed by atoms with Gasteiger partial charge >= 0.3 is 0 Å². The van der Waals surface area contributed by atoms with E-state index in [4.69, 9.17) is 21.1 Å². The van der Waals surface area contributed by atoms with Crippen molar-refractivity contribution in [1.82, 2.24) is 10.2 Å². The summed E-state index contributed by atoms with van der Waals surface area (Å²) in [6.45, 7) is 5.72. The predicted octanol–water partition coefficient (Wildman–Crippen LogP) is 2.43. The van der Waals surface area contributed by atoms with Gasteiger partial charge in [0, 0.05) is 17.5 Å². The van der Waals surface area contributed by atoms with Crippen molar-refractivity contribution in [2.45, 2.75) is 38.6 Å². The Morgan fingerprint density at radius 2 is 1.88 bits per heavy atom. The zero-order valence-electron chi connectivity index (χ0n) is 14.0. The van der Waals surface area contributed by atoms with Crippen LogP contribution in [0, 0.1) is 5.92 Å². The number of likely N-dealkylation sites (tertiary alicyclic amines) is 1. The maximum absolute atomic E-state index is 12.4. The molecule has 1 unspecified atom stereocenters. The van der Waals surface area contributed by atoms with E-state index in [1.807, 2.05) is 31.2 Å². The number of halogens is 1. The van der Waals surface area contributed by atoms with Crippen LogP contribution in [-0.4, -0.2) is 49.4 Å². The summed E-state index contributed by atoms with van der Waals surface area (Å²) in [5.41, 5.74) is 1.05. The number of nitrogens with one attached hydrogen (secondary N) is 1. The zero-order chi connectivity index (χ0) is 16.9. The molecule has 6 heteroatoms. The van der Waals surface area contributed by atoms with Gasteiger partial charge in [-0.25, -0.2) is 0 Å². The van der Waals surface area contributed by atoms with Crippen LogP contribution in [0.15, 0.2) is 24.3 Å². The van der Waals surface area contributed by atoms with Crippen molar-refractivity contribution in [3.63, 3.8) is 0 Å². The standard InChI is InChI=1S/C18H25ClN2O3/c1-13(17(22)20-12-14-2-4-16(19)5-3-14)21-8-6-15(7-9-21)18-23-10-11-24-18/h2-5,13,15,18H,6-12H2,1H3,(H,20,22). The molecule has 0 bridgehead atoms. The molecule has 0 saturated carbocycles. The fourth-order valence-electron chi connectivity index (χ4n) is 3.33. The molecule has 2 aliphatic heterocycles. The predicted molar refractivity (Wildman–Crippen MR) is 92.7 cm³/mol. The third-order valence-corrected chi connectivity index (χ3v) is 5.17. The Bertz CT molecular complexity index is 538. The average Bonchev–Trinajstić information content (AvgIpc) is 3.15. The van der Waals surface area contributed by atoms with E-state index in [1.54, 1.807) is 0 Å². The second kappa shape index (κ2) is 8.30. The molecule has 2 aliphatic rings. The van der Waals surface area contributed by atoms with Crippen molar-refractivity contribution in [2.75, 3.05) is 26.3 Å². The maximum Gasteiger partial charge on any atom is 0.237 e. The maximum atomic E-state index is 12.4. The highest BCUT2D eigenvalue weighted by atomic mass is 35.5. The molecule has 0 radical (unpaired) electrons. The number of piperidine rings is 1. The van der Waals surface area contributed by atoms with Gasteiger partial charge in [0.15, 0.2) is 6.29 Å². The number of nitrogens with zero attached hydrogens (tertiary/aromatic N) is 1. The minimum atomic E-state index is -0.122. The molecule has 1 aromatic rings. The highest BCUT2D eigenvalue weighted by molar-refractivity contribution is 6.30. The van der Waals surface area contributed by atoms with Gasteiger partial charge in [-0.1, -0.05) is 23.7 Å². The van der Waals surface area contributed by atoms with Crippen LogP contribution in [0.1, 0.15) is 25.3 Å². The first-order valence-corrected chi connectivity index (χ1v) is 9.00. The first-order valence-electron chi connectivity index (χ1n) is 8.63. The summed E-state index contributed by atoms with van der Waals surface area (Å²) in [5.74, 6) is 0.518. The Hall–Kier alpha value is -1.14. The lowest BCUT2D eigenvalue weighted by atomic mass is 9.95. The minimum absolute atomic E-state index is 0.0406. The Morgan fingerprint density at radius 1 is 1.25 bits per heavy atom. The molecule has 24 heavy (non-hydrogen) atoms. The molecule has 1 atom stereocenters. The Morgan fingerprint density at radius 3 is 2.50 bits per heavy atom. The molecule has 0 aromatic heterocycles. The molecule has 1 N–H and O–H groups in total. The van der Waals surface area contributed by atoms with Crippen LogP contribution in [0.2, 0.25) is 5.02 Å². The van der Waals surface area contributed by atoms with Crippen molar-refractivity contribution in [3.05, 3.63) is 34.9 Å². The van der Waals surface area contributed by atoms with E-state index < -0.39 is 0 Å². The number of rotatable bonds is 5. The van der Waals surface area contributed by atoms with Crippen LogP contribution in [0.4, 0.5) is 0 Å². The number of ether oxygens (including phenoxy) is 2. The lowest BCUT2D eigenvalue weighted by molar-refractivity contribution is -0.128. The van der Waals surface area contributed by atoms with Gasteiger partial charge in [-0.15, -0.1) is 0 Å². The highest BCUT2D eigenvalue weighted by Crippen LogP contribution is 2.26. The van der Waals surface area contributed by atoms with Gasteiger partial charge in [0.2, 0.25) is 5.91 Å². The van der Waals surface area contributed by atoms with Crippen LogP contribution in [0.5, 0.6) is 0 Å². The number of hydrogen-bond donors (Lipinski definition) is 1. The first-order chi connectivity index (χ1) is 11.6. The van der Waals surface area contributed by atoms with Crippen molar-refractivity contribution in [1.29, 1.82) is 0 Å². The van der Waals surface area contributed by atoms with Crippen molar-refractivity contribution in [3.8, 4) is 0 Å². The zero-order valence-corrected chi connectivity index (χ0v) is 14.8. The second-order valence-electron chi connectivity index (χ2n) is 6.50. The fraction of sp³-hybridized carbons (Fsp3) is 0.611. The van der Waals surface area contributed by atoms with E-state index in [2.05, 4.69) is 10.2 Å². The molecule has 2 heterocycles. The largest absolute Gasteiger partial charge is 0.351 e. The van der Waals surface area contributed by atoms with E-state index in [9.17, 15) is 4.79 Å². The Labute approximate surface area is 148 Å². The second-order valence-corrected chi connectivity index (χ2v) is 6.94. The normalized spacial score (nSPS) is 21.8.